The lowest BCUT2D eigenvalue weighted by Crippen LogP contribution is -2.00. The van der Waals surface area contributed by atoms with Crippen LogP contribution in [0, 0.1) is 0 Å². The fraction of sp³-hybridized carbons (Fsp3) is 0.0667. The predicted molar refractivity (Wildman–Crippen MR) is 89.7 cm³/mol. The smallest absolute Gasteiger partial charge is 0.342 e. The van der Waals surface area contributed by atoms with Crippen molar-refractivity contribution in [1.29, 1.82) is 0 Å². The van der Waals surface area contributed by atoms with E-state index in [4.69, 9.17) is 4.42 Å². The van der Waals surface area contributed by atoms with Gasteiger partial charge in [0.05, 0.1) is 10.6 Å². The minimum absolute atomic E-state index is 0.0928. The lowest BCUT2D eigenvalue weighted by molar-refractivity contribution is 0.463. The number of azo groups is 1. The number of oxazole rings is 1. The van der Waals surface area contributed by atoms with Gasteiger partial charge in [-0.1, -0.05) is 23.3 Å². The van der Waals surface area contributed by atoms with Crippen LogP contribution in [0.1, 0.15) is 6.92 Å². The zero-order valence-electron chi connectivity index (χ0n) is 12.9. The van der Waals surface area contributed by atoms with Crippen LogP contribution in [-0.2, 0) is 10.1 Å². The molecule has 1 N–H and O–H groups in total. The molecule has 10 heteroatoms. The summed E-state index contributed by atoms with van der Waals surface area (Å²) >= 11 is 0. The number of fused-ring (bicyclic) bond motifs is 1. The number of hydrogen-bond donors (Lipinski definition) is 1. The molecule has 0 aliphatic rings. The van der Waals surface area contributed by atoms with Crippen molar-refractivity contribution in [2.45, 2.75) is 11.8 Å². The molecule has 0 unspecified atom stereocenters. The average Bonchev–Trinajstić information content (AvgIpc) is 3.00. The van der Waals surface area contributed by atoms with Gasteiger partial charge in [-0.05, 0) is 37.3 Å². The van der Waals surface area contributed by atoms with Crippen LogP contribution in [0.25, 0.3) is 11.1 Å². The van der Waals surface area contributed by atoms with Crippen molar-refractivity contribution < 1.29 is 17.4 Å². The lowest BCUT2D eigenvalue weighted by atomic mass is 10.3. The first-order valence-corrected chi connectivity index (χ1v) is 8.46. The Kier molecular flexibility index (Phi) is 4.55. The fourth-order valence-electron chi connectivity index (χ4n) is 1.91. The molecule has 3 rings (SSSR count). The number of anilines is 1. The molecular formula is C15H12N5O4S-. The van der Waals surface area contributed by atoms with Crippen LogP contribution < -0.4 is 5.43 Å². The largest absolute Gasteiger partial charge is 0.744 e. The van der Waals surface area contributed by atoms with E-state index in [1.807, 2.05) is 12.1 Å². The highest BCUT2D eigenvalue weighted by Gasteiger charge is 2.04. The maximum Gasteiger partial charge on any atom is 0.342 e. The summed E-state index contributed by atoms with van der Waals surface area (Å²) < 4.78 is 38.3. The van der Waals surface area contributed by atoms with Gasteiger partial charge in [0.15, 0.2) is 11.4 Å². The van der Waals surface area contributed by atoms with Gasteiger partial charge in [-0.15, -0.1) is 5.11 Å². The molecule has 0 saturated heterocycles. The Balaban J connectivity index is 1.71. The van der Waals surface area contributed by atoms with Crippen LogP contribution in [0.2, 0.25) is 0 Å². The van der Waals surface area contributed by atoms with Crippen molar-refractivity contribution in [3.63, 3.8) is 0 Å². The molecule has 0 fully saturated rings. The predicted octanol–water partition coefficient (Wildman–Crippen LogP) is 3.26. The Bertz CT molecular complexity index is 1040. The number of nitrogens with one attached hydrogen (secondary N) is 1. The van der Waals surface area contributed by atoms with E-state index in [0.29, 0.717) is 16.8 Å². The van der Waals surface area contributed by atoms with Gasteiger partial charge < -0.3 is 8.97 Å². The molecule has 0 atom stereocenters. The number of nitrogens with zero attached hydrogens (tertiary/aromatic N) is 4. The van der Waals surface area contributed by atoms with E-state index in [1.54, 1.807) is 25.1 Å². The summed E-state index contributed by atoms with van der Waals surface area (Å²) in [5.74, 6) is 0.248. The quantitative estimate of drug-likeness (QED) is 0.250. The zero-order chi connectivity index (χ0) is 17.9. The number of aromatic nitrogens is 1. The summed E-state index contributed by atoms with van der Waals surface area (Å²) in [5, 5.41) is 11.6. The van der Waals surface area contributed by atoms with Crippen LogP contribution in [0.4, 0.5) is 11.7 Å². The Morgan fingerprint density at radius 2 is 2.00 bits per heavy atom. The molecule has 0 aliphatic carbocycles. The van der Waals surface area contributed by atoms with Crippen LogP contribution in [0.15, 0.2) is 73.2 Å². The summed E-state index contributed by atoms with van der Waals surface area (Å²) in [6.45, 7) is 1.58. The highest BCUT2D eigenvalue weighted by Crippen LogP contribution is 2.20. The molecule has 1 aromatic heterocycles. The average molecular weight is 358 g/mol. The molecule has 2 aromatic carbocycles. The van der Waals surface area contributed by atoms with Crippen molar-refractivity contribution in [2.75, 3.05) is 5.43 Å². The molecular weight excluding hydrogens is 346 g/mol. The summed E-state index contributed by atoms with van der Waals surface area (Å²) in [7, 11) is -4.52. The molecule has 0 radical (unpaired) electrons. The van der Waals surface area contributed by atoms with Crippen LogP contribution in [-0.4, -0.2) is 23.8 Å². The molecule has 0 spiro atoms. The topological polar surface area (TPSA) is 132 Å². The van der Waals surface area contributed by atoms with E-state index >= 15 is 0 Å². The van der Waals surface area contributed by atoms with E-state index in [2.05, 4.69) is 25.7 Å². The van der Waals surface area contributed by atoms with Crippen LogP contribution in [0.3, 0.4) is 0 Å². The highest BCUT2D eigenvalue weighted by molar-refractivity contribution is 7.85. The molecule has 0 bridgehead atoms. The van der Waals surface area contributed by atoms with E-state index in [9.17, 15) is 13.0 Å². The van der Waals surface area contributed by atoms with Gasteiger partial charge >= 0.3 is 6.01 Å². The highest BCUT2D eigenvalue weighted by atomic mass is 32.2. The van der Waals surface area contributed by atoms with E-state index in [1.165, 1.54) is 18.2 Å². The Morgan fingerprint density at radius 1 is 1.20 bits per heavy atom. The molecule has 0 aliphatic heterocycles. The van der Waals surface area contributed by atoms with Gasteiger partial charge in [-0.25, -0.2) is 8.42 Å². The Labute approximate surface area is 142 Å². The molecule has 0 amide bonds. The normalized spacial score (nSPS) is 12.8. The number of hydrogen-bond acceptors (Lipinski definition) is 8. The summed E-state index contributed by atoms with van der Waals surface area (Å²) in [6.07, 6.45) is 0. The number of hydrazone groups is 1. The molecule has 9 nitrogen and oxygen atoms in total. The third-order valence-corrected chi connectivity index (χ3v) is 3.86. The second kappa shape index (κ2) is 6.79. The minimum atomic E-state index is -4.52. The van der Waals surface area contributed by atoms with Crippen molar-refractivity contribution in [1.82, 2.24) is 4.98 Å². The third-order valence-electron chi connectivity index (χ3n) is 3.03. The van der Waals surface area contributed by atoms with Gasteiger partial charge in [-0.2, -0.15) is 10.1 Å². The first-order valence-electron chi connectivity index (χ1n) is 7.05. The van der Waals surface area contributed by atoms with Gasteiger partial charge in [0.25, 0.3) is 0 Å². The zero-order valence-corrected chi connectivity index (χ0v) is 13.8. The fourth-order valence-corrected chi connectivity index (χ4v) is 2.42. The first-order chi connectivity index (χ1) is 11.9. The second-order valence-corrected chi connectivity index (χ2v) is 6.30. The lowest BCUT2D eigenvalue weighted by Gasteiger charge is -2.08. The van der Waals surface area contributed by atoms with Gasteiger partial charge in [0.1, 0.15) is 15.6 Å². The van der Waals surface area contributed by atoms with E-state index in [-0.39, 0.29) is 16.7 Å². The van der Waals surface area contributed by atoms with Gasteiger partial charge in [-0.3, -0.25) is 5.43 Å². The number of para-hydroxylation sites is 2. The van der Waals surface area contributed by atoms with E-state index in [0.717, 1.165) is 0 Å². The summed E-state index contributed by atoms with van der Waals surface area (Å²) in [4.78, 5) is 3.79. The number of rotatable bonds is 4. The third kappa shape index (κ3) is 4.25. The van der Waals surface area contributed by atoms with Crippen LogP contribution >= 0.6 is 0 Å². The molecule has 0 saturated carbocycles. The molecule has 128 valence electrons. The maximum atomic E-state index is 11.0. The van der Waals surface area contributed by atoms with Crippen molar-refractivity contribution in [3.05, 3.63) is 48.5 Å². The van der Waals surface area contributed by atoms with Gasteiger partial charge in [0.2, 0.25) is 0 Å². The van der Waals surface area contributed by atoms with Crippen molar-refractivity contribution in [2.24, 2.45) is 15.3 Å². The van der Waals surface area contributed by atoms with Crippen molar-refractivity contribution in [3.8, 4) is 0 Å². The molecule has 25 heavy (non-hydrogen) atoms. The molecule has 1 heterocycles. The standard InChI is InChI=1S/C15H13N5O4S/c1-10(17-19-11-5-4-6-12(9-11)25(21,22)23)18-20-15-16-13-7-2-3-8-14(13)24-15/h2-9,19H,1H3,(H,21,22,23)/p-1. The number of amidine groups is 1. The Morgan fingerprint density at radius 3 is 2.76 bits per heavy atom. The monoisotopic (exact) mass is 358 g/mol. The number of benzene rings is 2. The van der Waals surface area contributed by atoms with Crippen LogP contribution in [0.5, 0.6) is 0 Å². The SMILES string of the molecule is CC(N=Nc1nc2ccccc2o1)=NNc1cccc(S(=O)(=O)[O-])c1. The van der Waals surface area contributed by atoms with E-state index < -0.39 is 10.1 Å². The van der Waals surface area contributed by atoms with Gasteiger partial charge in [0, 0.05) is 0 Å². The Hall–Kier alpha value is -3.11. The van der Waals surface area contributed by atoms with Crippen molar-refractivity contribution >= 4 is 38.8 Å². The molecule has 3 aromatic rings. The minimum Gasteiger partial charge on any atom is -0.744 e. The summed E-state index contributed by atoms with van der Waals surface area (Å²) in [6, 6.07) is 12.7. The maximum absolute atomic E-state index is 11.0. The first kappa shape index (κ1) is 16.7. The second-order valence-electron chi connectivity index (χ2n) is 4.92. The summed E-state index contributed by atoms with van der Waals surface area (Å²) in [5.41, 5.74) is 4.19.